The molecule has 1 unspecified atom stereocenters. The average Bonchev–Trinajstić information content (AvgIpc) is 2.72. The normalized spacial score (nSPS) is 20.3. The second-order valence-electron chi connectivity index (χ2n) is 7.95. The zero-order valence-corrected chi connectivity index (χ0v) is 16.4. The Morgan fingerprint density at radius 2 is 1.85 bits per heavy atom. The Kier molecular flexibility index (Phi) is 5.58. The van der Waals surface area contributed by atoms with Gasteiger partial charge in [-0.3, -0.25) is 0 Å². The Balaban J connectivity index is 1.57. The Labute approximate surface area is 162 Å². The van der Waals surface area contributed by atoms with E-state index in [2.05, 4.69) is 52.2 Å². The minimum Gasteiger partial charge on any atom is -0.368 e. The van der Waals surface area contributed by atoms with Crippen molar-refractivity contribution in [1.82, 2.24) is 14.9 Å². The van der Waals surface area contributed by atoms with Gasteiger partial charge >= 0.3 is 0 Å². The van der Waals surface area contributed by atoms with E-state index in [9.17, 15) is 0 Å². The van der Waals surface area contributed by atoms with Gasteiger partial charge in [-0.05, 0) is 50.8 Å². The highest BCUT2D eigenvalue weighted by Gasteiger charge is 2.28. The van der Waals surface area contributed by atoms with Crippen molar-refractivity contribution in [3.63, 3.8) is 0 Å². The maximum Gasteiger partial charge on any atom is 0.222 e. The van der Waals surface area contributed by atoms with E-state index in [0.717, 1.165) is 37.4 Å². The lowest BCUT2D eigenvalue weighted by molar-refractivity contribution is 0.234. The molecule has 5 nitrogen and oxygen atoms in total. The number of likely N-dealkylation sites (N-methyl/N-ethyl adjacent to an activating group) is 1. The standard InChI is InChI=1S/C22H31N5/c1-26(15-16-27-13-6-3-7-14-27)21-19-12-8-11-18(17-9-4-2-5-10-17)20(19)24-22(23)25-21/h2,4-5,9-10,18H,3,6-8,11-16H2,1H3,(H2,23,24,25). The van der Waals surface area contributed by atoms with Crippen molar-refractivity contribution < 1.29 is 0 Å². The third-order valence-electron chi connectivity index (χ3n) is 6.05. The maximum atomic E-state index is 6.14. The summed E-state index contributed by atoms with van der Waals surface area (Å²) in [7, 11) is 2.15. The molecule has 1 fully saturated rings. The molecule has 0 bridgehead atoms. The van der Waals surface area contributed by atoms with E-state index in [1.807, 2.05) is 0 Å². The van der Waals surface area contributed by atoms with Crippen molar-refractivity contribution >= 4 is 11.8 Å². The van der Waals surface area contributed by atoms with Gasteiger partial charge in [0, 0.05) is 31.6 Å². The largest absolute Gasteiger partial charge is 0.368 e. The molecule has 0 spiro atoms. The third kappa shape index (κ3) is 4.08. The molecule has 2 aromatic rings. The van der Waals surface area contributed by atoms with E-state index in [1.165, 1.54) is 49.9 Å². The van der Waals surface area contributed by atoms with Gasteiger partial charge in [-0.2, -0.15) is 4.98 Å². The molecule has 1 aromatic carbocycles. The smallest absolute Gasteiger partial charge is 0.222 e. The van der Waals surface area contributed by atoms with Crippen LogP contribution in [0.4, 0.5) is 11.8 Å². The first kappa shape index (κ1) is 18.2. The number of piperidine rings is 1. The highest BCUT2D eigenvalue weighted by atomic mass is 15.2. The number of aromatic nitrogens is 2. The van der Waals surface area contributed by atoms with Gasteiger partial charge in [0.25, 0.3) is 0 Å². The van der Waals surface area contributed by atoms with Crippen LogP contribution in [0.25, 0.3) is 0 Å². The molecule has 144 valence electrons. The number of nitrogens with zero attached hydrogens (tertiary/aromatic N) is 4. The van der Waals surface area contributed by atoms with Gasteiger partial charge in [-0.15, -0.1) is 0 Å². The van der Waals surface area contributed by atoms with Crippen LogP contribution in [-0.4, -0.2) is 48.1 Å². The van der Waals surface area contributed by atoms with E-state index >= 15 is 0 Å². The number of hydrogen-bond donors (Lipinski definition) is 1. The van der Waals surface area contributed by atoms with E-state index < -0.39 is 0 Å². The predicted molar refractivity (Wildman–Crippen MR) is 111 cm³/mol. The van der Waals surface area contributed by atoms with Gasteiger partial charge in [0.2, 0.25) is 5.95 Å². The summed E-state index contributed by atoms with van der Waals surface area (Å²) in [5, 5.41) is 0. The molecule has 0 radical (unpaired) electrons. The molecular formula is C22H31N5. The Morgan fingerprint density at radius 1 is 1.07 bits per heavy atom. The maximum absolute atomic E-state index is 6.14. The van der Waals surface area contributed by atoms with Crippen molar-refractivity contribution in [2.75, 3.05) is 43.9 Å². The summed E-state index contributed by atoms with van der Waals surface area (Å²) >= 11 is 0. The van der Waals surface area contributed by atoms with Gasteiger partial charge in [0.15, 0.2) is 0 Å². The molecule has 1 saturated heterocycles. The van der Waals surface area contributed by atoms with Gasteiger partial charge in [0.05, 0.1) is 5.69 Å². The summed E-state index contributed by atoms with van der Waals surface area (Å²) in [6, 6.07) is 10.7. The van der Waals surface area contributed by atoms with E-state index in [0.29, 0.717) is 11.9 Å². The fourth-order valence-corrected chi connectivity index (χ4v) is 4.56. The molecular weight excluding hydrogens is 334 g/mol. The molecule has 1 aliphatic carbocycles. The zero-order valence-electron chi connectivity index (χ0n) is 16.4. The predicted octanol–water partition coefficient (Wildman–Crippen LogP) is 3.45. The number of nitrogen functional groups attached to an aromatic ring is 1. The average molecular weight is 366 g/mol. The molecule has 1 atom stereocenters. The fraction of sp³-hybridized carbons (Fsp3) is 0.545. The summed E-state index contributed by atoms with van der Waals surface area (Å²) in [6.45, 7) is 4.54. The third-order valence-corrected chi connectivity index (χ3v) is 6.05. The lowest BCUT2D eigenvalue weighted by Gasteiger charge is -2.32. The van der Waals surface area contributed by atoms with Crippen LogP contribution in [0, 0.1) is 0 Å². The van der Waals surface area contributed by atoms with Crippen LogP contribution in [-0.2, 0) is 6.42 Å². The van der Waals surface area contributed by atoms with Crippen LogP contribution < -0.4 is 10.6 Å². The van der Waals surface area contributed by atoms with Crippen LogP contribution in [0.3, 0.4) is 0 Å². The quantitative estimate of drug-likeness (QED) is 0.879. The van der Waals surface area contributed by atoms with Crippen LogP contribution in [0.1, 0.15) is 54.8 Å². The number of benzene rings is 1. The van der Waals surface area contributed by atoms with Gasteiger partial charge in [0.1, 0.15) is 5.82 Å². The van der Waals surface area contributed by atoms with Crippen molar-refractivity contribution in [1.29, 1.82) is 0 Å². The minimum atomic E-state index is 0.328. The monoisotopic (exact) mass is 365 g/mol. The van der Waals surface area contributed by atoms with Crippen molar-refractivity contribution in [2.24, 2.45) is 0 Å². The van der Waals surface area contributed by atoms with Gasteiger partial charge in [-0.1, -0.05) is 36.8 Å². The number of anilines is 2. The van der Waals surface area contributed by atoms with Crippen molar-refractivity contribution in [2.45, 2.75) is 44.4 Å². The number of nitrogens with two attached hydrogens (primary N) is 1. The molecule has 1 aliphatic heterocycles. The first-order chi connectivity index (χ1) is 13.2. The highest BCUT2D eigenvalue weighted by molar-refractivity contribution is 5.54. The number of rotatable bonds is 5. The summed E-state index contributed by atoms with van der Waals surface area (Å²) in [4.78, 5) is 14.2. The number of likely N-dealkylation sites (tertiary alicyclic amines) is 1. The van der Waals surface area contributed by atoms with Gasteiger partial charge in [-0.25, -0.2) is 4.98 Å². The molecule has 0 saturated carbocycles. The van der Waals surface area contributed by atoms with Crippen LogP contribution in [0.2, 0.25) is 0 Å². The minimum absolute atomic E-state index is 0.328. The topological polar surface area (TPSA) is 58.3 Å². The second kappa shape index (κ2) is 8.26. The zero-order chi connectivity index (χ0) is 18.6. The Hall–Kier alpha value is -2.14. The Morgan fingerprint density at radius 3 is 2.63 bits per heavy atom. The molecule has 2 heterocycles. The lowest BCUT2D eigenvalue weighted by Crippen LogP contribution is -2.37. The first-order valence-corrected chi connectivity index (χ1v) is 10.4. The first-order valence-electron chi connectivity index (χ1n) is 10.4. The fourth-order valence-electron chi connectivity index (χ4n) is 4.56. The molecule has 2 aliphatic rings. The van der Waals surface area contributed by atoms with E-state index in [1.54, 1.807) is 0 Å². The SMILES string of the molecule is CN(CCN1CCCCC1)c1nc(N)nc2c1CCCC2c1ccccc1. The number of hydrogen-bond acceptors (Lipinski definition) is 5. The van der Waals surface area contributed by atoms with Crippen LogP contribution in [0.15, 0.2) is 30.3 Å². The molecule has 5 heteroatoms. The highest BCUT2D eigenvalue weighted by Crippen LogP contribution is 2.38. The second-order valence-corrected chi connectivity index (χ2v) is 7.95. The molecule has 27 heavy (non-hydrogen) atoms. The summed E-state index contributed by atoms with van der Waals surface area (Å²) < 4.78 is 0. The van der Waals surface area contributed by atoms with Crippen molar-refractivity contribution in [3.8, 4) is 0 Å². The summed E-state index contributed by atoms with van der Waals surface area (Å²) in [5.41, 5.74) is 9.91. The van der Waals surface area contributed by atoms with Crippen LogP contribution in [0.5, 0.6) is 0 Å². The van der Waals surface area contributed by atoms with Gasteiger partial charge < -0.3 is 15.5 Å². The number of fused-ring (bicyclic) bond motifs is 1. The van der Waals surface area contributed by atoms with Crippen molar-refractivity contribution in [3.05, 3.63) is 47.2 Å². The van der Waals surface area contributed by atoms with Crippen LogP contribution >= 0.6 is 0 Å². The molecule has 2 N–H and O–H groups in total. The molecule has 4 rings (SSSR count). The van der Waals surface area contributed by atoms with E-state index in [-0.39, 0.29) is 0 Å². The lowest BCUT2D eigenvalue weighted by atomic mass is 9.82. The molecule has 0 amide bonds. The summed E-state index contributed by atoms with van der Waals surface area (Å²) in [6.07, 6.45) is 7.39. The van der Waals surface area contributed by atoms with E-state index in [4.69, 9.17) is 10.7 Å². The molecule has 1 aromatic heterocycles. The summed E-state index contributed by atoms with van der Waals surface area (Å²) in [5.74, 6) is 1.76. The Bertz CT molecular complexity index is 755.